The first-order chi connectivity index (χ1) is 7.15. The van der Waals surface area contributed by atoms with Crippen molar-refractivity contribution in [2.24, 2.45) is 0 Å². The summed E-state index contributed by atoms with van der Waals surface area (Å²) in [6.07, 6.45) is 1.64. The summed E-state index contributed by atoms with van der Waals surface area (Å²) >= 11 is 1.49. The predicted molar refractivity (Wildman–Crippen MR) is 61.0 cm³/mol. The Balaban J connectivity index is 2.27. The van der Waals surface area contributed by atoms with Crippen LogP contribution in [0.3, 0.4) is 0 Å². The molecule has 0 aliphatic carbocycles. The van der Waals surface area contributed by atoms with Crippen LogP contribution in [-0.4, -0.2) is 4.98 Å². The molecule has 4 heteroatoms. The zero-order chi connectivity index (χ0) is 10.8. The fourth-order valence-electron chi connectivity index (χ4n) is 1.20. The van der Waals surface area contributed by atoms with Gasteiger partial charge in [-0.05, 0) is 43.3 Å². The highest BCUT2D eigenvalue weighted by Gasteiger charge is 2.06. The lowest BCUT2D eigenvalue weighted by Crippen LogP contribution is -1.87. The summed E-state index contributed by atoms with van der Waals surface area (Å²) in [7, 11) is 0. The summed E-state index contributed by atoms with van der Waals surface area (Å²) in [5, 5.41) is 0.654. The lowest BCUT2D eigenvalue weighted by molar-refractivity contribution is 0.454. The number of aromatic nitrogens is 1. The maximum absolute atomic E-state index is 5.72. The molecule has 0 spiro atoms. The molecule has 0 aliphatic rings. The van der Waals surface area contributed by atoms with Crippen LogP contribution in [0.4, 0.5) is 5.69 Å². The SMILES string of the molecule is Cc1coc(Sc2cc(N)ccc2C)n1. The molecule has 1 heterocycles. The first kappa shape index (κ1) is 10.1. The number of oxazole rings is 1. The second-order valence-corrected chi connectivity index (χ2v) is 4.37. The molecule has 2 rings (SSSR count). The molecule has 0 fully saturated rings. The summed E-state index contributed by atoms with van der Waals surface area (Å²) in [4.78, 5) is 5.31. The van der Waals surface area contributed by atoms with Crippen LogP contribution >= 0.6 is 11.8 Å². The molecule has 78 valence electrons. The van der Waals surface area contributed by atoms with E-state index >= 15 is 0 Å². The summed E-state index contributed by atoms with van der Waals surface area (Å²) in [5.74, 6) is 0. The van der Waals surface area contributed by atoms with Gasteiger partial charge < -0.3 is 10.2 Å². The predicted octanol–water partition coefficient (Wildman–Crippen LogP) is 3.02. The minimum absolute atomic E-state index is 0.654. The number of nitrogens with zero attached hydrogens (tertiary/aromatic N) is 1. The van der Waals surface area contributed by atoms with E-state index in [-0.39, 0.29) is 0 Å². The van der Waals surface area contributed by atoms with Crippen LogP contribution in [0, 0.1) is 13.8 Å². The third-order valence-electron chi connectivity index (χ3n) is 2.01. The molecular formula is C11H12N2OS. The van der Waals surface area contributed by atoms with Gasteiger partial charge in [-0.1, -0.05) is 6.07 Å². The standard InChI is InChI=1S/C11H12N2OS/c1-7-3-4-9(12)5-10(7)15-11-13-8(2)6-14-11/h3-6H,12H2,1-2H3. The first-order valence-electron chi connectivity index (χ1n) is 4.61. The number of rotatable bonds is 2. The van der Waals surface area contributed by atoms with Crippen LogP contribution in [0.2, 0.25) is 0 Å². The van der Waals surface area contributed by atoms with Crippen molar-refractivity contribution in [1.29, 1.82) is 0 Å². The van der Waals surface area contributed by atoms with E-state index in [4.69, 9.17) is 10.2 Å². The maximum atomic E-state index is 5.72. The van der Waals surface area contributed by atoms with E-state index < -0.39 is 0 Å². The molecule has 3 nitrogen and oxygen atoms in total. The minimum atomic E-state index is 0.654. The Labute approximate surface area is 92.7 Å². The zero-order valence-electron chi connectivity index (χ0n) is 8.65. The van der Waals surface area contributed by atoms with Gasteiger partial charge in [-0.25, -0.2) is 4.98 Å². The van der Waals surface area contributed by atoms with E-state index in [1.54, 1.807) is 6.26 Å². The number of nitrogen functional groups attached to an aromatic ring is 1. The second kappa shape index (κ2) is 3.98. The van der Waals surface area contributed by atoms with Crippen LogP contribution in [0.25, 0.3) is 0 Å². The Bertz CT molecular complexity index is 479. The van der Waals surface area contributed by atoms with Crippen molar-refractivity contribution < 1.29 is 4.42 Å². The molecule has 0 radical (unpaired) electrons. The highest BCUT2D eigenvalue weighted by Crippen LogP contribution is 2.30. The molecule has 0 saturated heterocycles. The van der Waals surface area contributed by atoms with E-state index in [9.17, 15) is 0 Å². The second-order valence-electron chi connectivity index (χ2n) is 3.38. The summed E-state index contributed by atoms with van der Waals surface area (Å²) in [5.41, 5.74) is 8.54. The fraction of sp³-hybridized carbons (Fsp3) is 0.182. The van der Waals surface area contributed by atoms with Crippen molar-refractivity contribution >= 4 is 17.4 Å². The van der Waals surface area contributed by atoms with Crippen molar-refractivity contribution in [3.05, 3.63) is 35.7 Å². The van der Waals surface area contributed by atoms with Gasteiger partial charge in [-0.15, -0.1) is 0 Å². The van der Waals surface area contributed by atoms with Gasteiger partial charge in [-0.2, -0.15) is 0 Å². The Morgan fingerprint density at radius 1 is 1.33 bits per heavy atom. The average Bonchev–Trinajstić information content (AvgIpc) is 2.58. The molecule has 1 aromatic carbocycles. The van der Waals surface area contributed by atoms with Crippen molar-refractivity contribution in [3.8, 4) is 0 Å². The van der Waals surface area contributed by atoms with Gasteiger partial charge in [0.25, 0.3) is 5.22 Å². The molecule has 1 aromatic heterocycles. The Kier molecular flexibility index (Phi) is 2.68. The van der Waals surface area contributed by atoms with Gasteiger partial charge in [0.05, 0.1) is 5.69 Å². The molecule has 2 N–H and O–H groups in total. The summed E-state index contributed by atoms with van der Waals surface area (Å²) in [6.45, 7) is 3.94. The average molecular weight is 220 g/mol. The normalized spacial score (nSPS) is 10.5. The fourth-order valence-corrected chi connectivity index (χ4v) is 2.10. The number of hydrogen-bond donors (Lipinski definition) is 1. The molecule has 0 amide bonds. The molecule has 0 atom stereocenters. The Morgan fingerprint density at radius 3 is 2.80 bits per heavy atom. The smallest absolute Gasteiger partial charge is 0.260 e. The summed E-state index contributed by atoms with van der Waals surface area (Å²) in [6, 6.07) is 5.81. The quantitative estimate of drug-likeness (QED) is 0.790. The Morgan fingerprint density at radius 2 is 2.13 bits per heavy atom. The van der Waals surface area contributed by atoms with E-state index in [0.29, 0.717) is 5.22 Å². The molecule has 0 saturated carbocycles. The first-order valence-corrected chi connectivity index (χ1v) is 5.43. The molecule has 0 unspecified atom stereocenters. The van der Waals surface area contributed by atoms with Gasteiger partial charge in [0.1, 0.15) is 6.26 Å². The van der Waals surface area contributed by atoms with E-state index in [1.807, 2.05) is 32.0 Å². The van der Waals surface area contributed by atoms with Gasteiger partial charge >= 0.3 is 0 Å². The number of aryl methyl sites for hydroxylation is 2. The van der Waals surface area contributed by atoms with Crippen molar-refractivity contribution in [3.63, 3.8) is 0 Å². The van der Waals surface area contributed by atoms with Gasteiger partial charge in [0, 0.05) is 10.6 Å². The van der Waals surface area contributed by atoms with Crippen molar-refractivity contribution in [1.82, 2.24) is 4.98 Å². The number of anilines is 1. The third kappa shape index (κ3) is 2.33. The Hall–Kier alpha value is -1.42. The molecule has 0 bridgehead atoms. The maximum Gasteiger partial charge on any atom is 0.260 e. The van der Waals surface area contributed by atoms with Crippen LogP contribution in [0.5, 0.6) is 0 Å². The zero-order valence-corrected chi connectivity index (χ0v) is 9.47. The van der Waals surface area contributed by atoms with Crippen LogP contribution < -0.4 is 5.73 Å². The van der Waals surface area contributed by atoms with Gasteiger partial charge in [-0.3, -0.25) is 0 Å². The molecule has 0 aliphatic heterocycles. The topological polar surface area (TPSA) is 52.0 Å². The van der Waals surface area contributed by atoms with E-state index in [2.05, 4.69) is 4.98 Å². The molecule has 15 heavy (non-hydrogen) atoms. The van der Waals surface area contributed by atoms with Crippen LogP contribution in [0.1, 0.15) is 11.3 Å². The lowest BCUT2D eigenvalue weighted by Gasteiger charge is -2.03. The molecular weight excluding hydrogens is 208 g/mol. The van der Waals surface area contributed by atoms with Crippen LogP contribution in [0.15, 0.2) is 39.0 Å². The van der Waals surface area contributed by atoms with Gasteiger partial charge in [0.15, 0.2) is 0 Å². The van der Waals surface area contributed by atoms with Crippen LogP contribution in [-0.2, 0) is 0 Å². The molecule has 2 aromatic rings. The van der Waals surface area contributed by atoms with Gasteiger partial charge in [0.2, 0.25) is 0 Å². The monoisotopic (exact) mass is 220 g/mol. The largest absolute Gasteiger partial charge is 0.439 e. The summed E-state index contributed by atoms with van der Waals surface area (Å²) < 4.78 is 5.27. The lowest BCUT2D eigenvalue weighted by atomic mass is 10.2. The van der Waals surface area contributed by atoms with Crippen molar-refractivity contribution in [2.45, 2.75) is 24.0 Å². The number of hydrogen-bond acceptors (Lipinski definition) is 4. The van der Waals surface area contributed by atoms with Crippen molar-refractivity contribution in [2.75, 3.05) is 5.73 Å². The third-order valence-corrected chi connectivity index (χ3v) is 3.03. The number of benzene rings is 1. The highest BCUT2D eigenvalue weighted by molar-refractivity contribution is 7.99. The van der Waals surface area contributed by atoms with E-state index in [1.165, 1.54) is 17.3 Å². The minimum Gasteiger partial charge on any atom is -0.439 e. The van der Waals surface area contributed by atoms with E-state index in [0.717, 1.165) is 16.3 Å². The number of nitrogens with two attached hydrogens (primary N) is 1. The highest BCUT2D eigenvalue weighted by atomic mass is 32.2.